The highest BCUT2D eigenvalue weighted by atomic mass is 16.5. The summed E-state index contributed by atoms with van der Waals surface area (Å²) in [5, 5.41) is 0. The molecule has 0 radical (unpaired) electrons. The van der Waals surface area contributed by atoms with E-state index in [1.807, 2.05) is 18.2 Å². The van der Waals surface area contributed by atoms with E-state index in [2.05, 4.69) is 0 Å². The van der Waals surface area contributed by atoms with Gasteiger partial charge in [0.15, 0.2) is 0 Å². The molecule has 0 saturated carbocycles. The Morgan fingerprint density at radius 3 is 2.61 bits per heavy atom. The van der Waals surface area contributed by atoms with Crippen molar-refractivity contribution < 1.29 is 14.3 Å². The third-order valence-electron chi connectivity index (χ3n) is 2.79. The summed E-state index contributed by atoms with van der Waals surface area (Å²) < 4.78 is 4.88. The summed E-state index contributed by atoms with van der Waals surface area (Å²) in [7, 11) is 0. The molecule has 2 rings (SSSR count). The molecular formula is C13H16N2O3. The Balaban J connectivity index is 2.21. The molecule has 0 aromatic heterocycles. The zero-order chi connectivity index (χ0) is 13.0. The Labute approximate surface area is 106 Å². The number of carbonyl (C=O) groups is 2. The van der Waals surface area contributed by atoms with Gasteiger partial charge in [0.2, 0.25) is 0 Å². The Bertz CT molecular complexity index is 443. The number of ether oxygens (including phenoxy) is 1. The van der Waals surface area contributed by atoms with E-state index in [9.17, 15) is 9.59 Å². The standard InChI is InChI=1S/C13H16N2O3/c14-6-2-4-10-3-1-5-11(7-10)15-12(16)8-18-9-13(15)17/h1,3,5,7H,2,4,6,8-9,14H2. The Morgan fingerprint density at radius 2 is 1.94 bits per heavy atom. The fourth-order valence-electron chi connectivity index (χ4n) is 1.94. The van der Waals surface area contributed by atoms with E-state index in [-0.39, 0.29) is 25.0 Å². The molecule has 5 heteroatoms. The molecule has 1 aliphatic heterocycles. The van der Waals surface area contributed by atoms with Crippen LogP contribution in [0.1, 0.15) is 12.0 Å². The van der Waals surface area contributed by atoms with Gasteiger partial charge in [0, 0.05) is 0 Å². The van der Waals surface area contributed by atoms with Gasteiger partial charge in [0.1, 0.15) is 13.2 Å². The van der Waals surface area contributed by atoms with E-state index < -0.39 is 0 Å². The maximum Gasteiger partial charge on any atom is 0.259 e. The number of aryl methyl sites for hydroxylation is 1. The summed E-state index contributed by atoms with van der Waals surface area (Å²) in [5.74, 6) is -0.635. The molecule has 0 aliphatic carbocycles. The number of rotatable bonds is 4. The molecule has 0 bridgehead atoms. The summed E-state index contributed by atoms with van der Waals surface area (Å²) in [4.78, 5) is 24.6. The van der Waals surface area contributed by atoms with Gasteiger partial charge in [-0.3, -0.25) is 9.59 Å². The van der Waals surface area contributed by atoms with Gasteiger partial charge >= 0.3 is 0 Å². The number of hydrogen-bond donors (Lipinski definition) is 1. The van der Waals surface area contributed by atoms with Crippen LogP contribution >= 0.6 is 0 Å². The van der Waals surface area contributed by atoms with E-state index in [1.165, 1.54) is 4.90 Å². The van der Waals surface area contributed by atoms with Crippen molar-refractivity contribution in [3.05, 3.63) is 29.8 Å². The molecule has 1 aromatic carbocycles. The van der Waals surface area contributed by atoms with Gasteiger partial charge in [-0.2, -0.15) is 0 Å². The topological polar surface area (TPSA) is 72.6 Å². The minimum Gasteiger partial charge on any atom is -0.362 e. The van der Waals surface area contributed by atoms with Crippen LogP contribution in [0.2, 0.25) is 0 Å². The van der Waals surface area contributed by atoms with Crippen LogP contribution in [0, 0.1) is 0 Å². The van der Waals surface area contributed by atoms with Crippen LogP contribution in [0.4, 0.5) is 5.69 Å². The zero-order valence-electron chi connectivity index (χ0n) is 10.1. The number of morpholine rings is 1. The fraction of sp³-hybridized carbons (Fsp3) is 0.385. The molecular weight excluding hydrogens is 232 g/mol. The quantitative estimate of drug-likeness (QED) is 0.786. The Morgan fingerprint density at radius 1 is 1.22 bits per heavy atom. The molecule has 1 aromatic rings. The van der Waals surface area contributed by atoms with Gasteiger partial charge in [0.05, 0.1) is 5.69 Å². The molecule has 5 nitrogen and oxygen atoms in total. The number of benzene rings is 1. The van der Waals surface area contributed by atoms with Crippen LogP contribution in [0.3, 0.4) is 0 Å². The number of imide groups is 1. The van der Waals surface area contributed by atoms with Crippen LogP contribution in [0.25, 0.3) is 0 Å². The van der Waals surface area contributed by atoms with Gasteiger partial charge in [-0.25, -0.2) is 4.90 Å². The van der Waals surface area contributed by atoms with Crippen molar-refractivity contribution >= 4 is 17.5 Å². The van der Waals surface area contributed by atoms with Gasteiger partial charge < -0.3 is 10.5 Å². The van der Waals surface area contributed by atoms with Crippen LogP contribution in [0.5, 0.6) is 0 Å². The van der Waals surface area contributed by atoms with Gasteiger partial charge in [-0.05, 0) is 37.1 Å². The van der Waals surface area contributed by atoms with Crippen LogP contribution in [-0.4, -0.2) is 31.6 Å². The summed E-state index contributed by atoms with van der Waals surface area (Å²) in [5.41, 5.74) is 7.15. The second-order valence-corrected chi connectivity index (χ2v) is 4.18. The molecule has 96 valence electrons. The third kappa shape index (κ3) is 2.75. The number of carbonyl (C=O) groups excluding carboxylic acids is 2. The van der Waals surface area contributed by atoms with Crippen molar-refractivity contribution in [1.82, 2.24) is 0 Å². The van der Waals surface area contributed by atoms with Gasteiger partial charge in [0.25, 0.3) is 11.8 Å². The largest absolute Gasteiger partial charge is 0.362 e. The first kappa shape index (κ1) is 12.7. The monoisotopic (exact) mass is 248 g/mol. The van der Waals surface area contributed by atoms with E-state index in [1.54, 1.807) is 6.07 Å². The summed E-state index contributed by atoms with van der Waals surface area (Å²) >= 11 is 0. The number of amides is 2. The number of nitrogens with two attached hydrogens (primary N) is 1. The average molecular weight is 248 g/mol. The van der Waals surface area contributed by atoms with Crippen molar-refractivity contribution in [2.24, 2.45) is 5.73 Å². The van der Waals surface area contributed by atoms with E-state index in [0.29, 0.717) is 12.2 Å². The van der Waals surface area contributed by atoms with Crippen molar-refractivity contribution in [2.75, 3.05) is 24.7 Å². The third-order valence-corrected chi connectivity index (χ3v) is 2.79. The minimum atomic E-state index is -0.317. The first-order valence-corrected chi connectivity index (χ1v) is 5.95. The van der Waals surface area contributed by atoms with Gasteiger partial charge in [-0.15, -0.1) is 0 Å². The van der Waals surface area contributed by atoms with E-state index in [0.717, 1.165) is 18.4 Å². The molecule has 1 saturated heterocycles. The van der Waals surface area contributed by atoms with Crippen molar-refractivity contribution in [1.29, 1.82) is 0 Å². The molecule has 0 unspecified atom stereocenters. The second-order valence-electron chi connectivity index (χ2n) is 4.18. The smallest absolute Gasteiger partial charge is 0.259 e. The highest BCUT2D eigenvalue weighted by Crippen LogP contribution is 2.19. The maximum atomic E-state index is 11.7. The predicted molar refractivity (Wildman–Crippen MR) is 67.1 cm³/mol. The molecule has 0 atom stereocenters. The Hall–Kier alpha value is -1.72. The number of anilines is 1. The normalized spacial score (nSPS) is 16.2. The highest BCUT2D eigenvalue weighted by Gasteiger charge is 2.28. The summed E-state index contributed by atoms with van der Waals surface area (Å²) in [6.45, 7) is 0.539. The molecule has 1 fully saturated rings. The minimum absolute atomic E-state index is 0.0429. The number of hydrogen-bond acceptors (Lipinski definition) is 4. The second kappa shape index (κ2) is 5.75. The Kier molecular flexibility index (Phi) is 4.07. The maximum absolute atomic E-state index is 11.7. The lowest BCUT2D eigenvalue weighted by atomic mass is 10.1. The van der Waals surface area contributed by atoms with E-state index >= 15 is 0 Å². The molecule has 2 amide bonds. The summed E-state index contributed by atoms with van der Waals surface area (Å²) in [6.07, 6.45) is 1.73. The van der Waals surface area contributed by atoms with Crippen molar-refractivity contribution in [3.8, 4) is 0 Å². The lowest BCUT2D eigenvalue weighted by Gasteiger charge is -2.25. The predicted octanol–water partition coefficient (Wildman–Crippen LogP) is 0.468. The summed E-state index contributed by atoms with van der Waals surface area (Å²) in [6, 6.07) is 7.43. The van der Waals surface area contributed by atoms with Crippen LogP contribution in [-0.2, 0) is 20.7 Å². The molecule has 1 heterocycles. The molecule has 1 aliphatic rings. The molecule has 18 heavy (non-hydrogen) atoms. The molecule has 0 spiro atoms. The first-order chi connectivity index (χ1) is 8.72. The highest BCUT2D eigenvalue weighted by molar-refractivity contribution is 6.17. The lowest BCUT2D eigenvalue weighted by molar-refractivity contribution is -0.138. The van der Waals surface area contributed by atoms with Crippen LogP contribution < -0.4 is 10.6 Å². The van der Waals surface area contributed by atoms with Gasteiger partial charge in [-0.1, -0.05) is 12.1 Å². The zero-order valence-corrected chi connectivity index (χ0v) is 10.1. The first-order valence-electron chi connectivity index (χ1n) is 5.95. The van der Waals surface area contributed by atoms with Crippen molar-refractivity contribution in [3.63, 3.8) is 0 Å². The van der Waals surface area contributed by atoms with Crippen molar-refractivity contribution in [2.45, 2.75) is 12.8 Å². The average Bonchev–Trinajstić information content (AvgIpc) is 2.37. The lowest BCUT2D eigenvalue weighted by Crippen LogP contribution is -2.46. The van der Waals surface area contributed by atoms with E-state index in [4.69, 9.17) is 10.5 Å². The fourth-order valence-corrected chi connectivity index (χ4v) is 1.94. The SMILES string of the molecule is NCCCc1cccc(N2C(=O)COCC2=O)c1. The molecule has 2 N–H and O–H groups in total. The number of nitrogens with zero attached hydrogens (tertiary/aromatic N) is 1. The van der Waals surface area contributed by atoms with Crippen LogP contribution in [0.15, 0.2) is 24.3 Å².